The van der Waals surface area contributed by atoms with Crippen molar-refractivity contribution >= 4 is 50.3 Å². The summed E-state index contributed by atoms with van der Waals surface area (Å²) in [5.41, 5.74) is 5.31. The molecule has 7 rings (SSSR count). The quantitative estimate of drug-likeness (QED) is 0.0952. The first-order chi connectivity index (χ1) is 26.4. The lowest BCUT2D eigenvalue weighted by atomic mass is 9.94. The van der Waals surface area contributed by atoms with E-state index in [4.69, 9.17) is 19.6 Å². The summed E-state index contributed by atoms with van der Waals surface area (Å²) in [7, 11) is 0. The fourth-order valence-electron chi connectivity index (χ4n) is 7.50. The van der Waals surface area contributed by atoms with E-state index in [1.54, 1.807) is 0 Å². The highest BCUT2D eigenvalue weighted by Gasteiger charge is 2.28. The van der Waals surface area contributed by atoms with Crippen molar-refractivity contribution in [2.45, 2.75) is 65.5 Å². The summed E-state index contributed by atoms with van der Waals surface area (Å²) in [5, 5.41) is 12.7. The predicted molar refractivity (Wildman–Crippen MR) is 215 cm³/mol. The largest absolute Gasteiger partial charge is 0.493 e. The minimum atomic E-state index is -0.784. The van der Waals surface area contributed by atoms with Crippen LogP contribution in [0.4, 0.5) is 10.9 Å². The van der Waals surface area contributed by atoms with E-state index >= 15 is 0 Å². The number of rotatable bonds is 12. The first kappa shape index (κ1) is 38.0. The van der Waals surface area contributed by atoms with Crippen LogP contribution in [-0.4, -0.2) is 76.2 Å². The SMILES string of the molecule is Cc1c(OCCC[C@H]2CCN(CC(=O)O)C2)cccc1-c1ccc(N2CCc3cccc(C(=O)Nc4nc5ccccc5s4)c3C2)nc1C(=O)OC(C)(C)C. The third-order valence-electron chi connectivity index (χ3n) is 10.1. The van der Waals surface area contributed by atoms with Crippen molar-refractivity contribution in [3.63, 3.8) is 0 Å². The Labute approximate surface area is 325 Å². The van der Waals surface area contributed by atoms with Gasteiger partial charge in [0.2, 0.25) is 0 Å². The molecule has 0 saturated carbocycles. The number of pyridine rings is 1. The zero-order valence-corrected chi connectivity index (χ0v) is 32.6. The molecule has 0 radical (unpaired) electrons. The molecule has 0 aliphatic carbocycles. The highest BCUT2D eigenvalue weighted by Crippen LogP contribution is 2.35. The number of aliphatic carboxylic acids is 1. The molecule has 1 atom stereocenters. The Morgan fingerprint density at radius 2 is 1.78 bits per heavy atom. The average molecular weight is 762 g/mol. The summed E-state index contributed by atoms with van der Waals surface area (Å²) in [6, 6.07) is 23.3. The number of carbonyl (C=O) groups excluding carboxylic acids is 2. The molecule has 1 saturated heterocycles. The minimum absolute atomic E-state index is 0.0955. The van der Waals surface area contributed by atoms with Gasteiger partial charge in [-0.1, -0.05) is 47.7 Å². The number of carboxylic acids is 1. The molecule has 3 aromatic carbocycles. The number of likely N-dealkylation sites (tertiary alicyclic amines) is 1. The molecular formula is C43H47N5O6S. The zero-order valence-electron chi connectivity index (χ0n) is 31.8. The molecule has 0 spiro atoms. The molecule has 286 valence electrons. The first-order valence-corrected chi connectivity index (χ1v) is 19.7. The molecule has 2 aliphatic rings. The maximum atomic E-state index is 13.9. The van der Waals surface area contributed by atoms with Crippen LogP contribution in [0.5, 0.6) is 5.75 Å². The molecule has 12 heteroatoms. The maximum absolute atomic E-state index is 13.9. The highest BCUT2D eigenvalue weighted by molar-refractivity contribution is 7.22. The van der Waals surface area contributed by atoms with Gasteiger partial charge < -0.3 is 19.5 Å². The van der Waals surface area contributed by atoms with Gasteiger partial charge in [0.1, 0.15) is 17.2 Å². The standard InChI is InChI=1S/C43H47N5O6S/c1-27-30(12-8-15-35(27)53-23-9-10-28-19-21-47(24-28)26-38(49)50)31-17-18-37(45-39(31)41(52)54-43(2,3)4)48-22-20-29-11-7-13-32(33(29)25-48)40(51)46-42-44-34-14-5-6-16-36(34)55-42/h5-8,11-18,28H,9-10,19-26H2,1-4H3,(H,49,50)(H,44,46,51)/t28-/m0/s1. The van der Waals surface area contributed by atoms with Gasteiger partial charge in [-0.05, 0) is 124 Å². The van der Waals surface area contributed by atoms with E-state index in [1.165, 1.54) is 11.3 Å². The number of nitrogens with zero attached hydrogens (tertiary/aromatic N) is 4. The van der Waals surface area contributed by atoms with Crippen LogP contribution in [0.25, 0.3) is 21.3 Å². The molecule has 0 unspecified atom stereocenters. The van der Waals surface area contributed by atoms with Gasteiger partial charge in [0.25, 0.3) is 5.91 Å². The maximum Gasteiger partial charge on any atom is 0.358 e. The average Bonchev–Trinajstić information content (AvgIpc) is 3.78. The monoisotopic (exact) mass is 761 g/mol. The van der Waals surface area contributed by atoms with E-state index in [0.717, 1.165) is 70.6 Å². The third-order valence-corrected chi connectivity index (χ3v) is 11.1. The van der Waals surface area contributed by atoms with E-state index in [0.29, 0.717) is 54.1 Å². The van der Waals surface area contributed by atoms with Crippen molar-refractivity contribution in [1.82, 2.24) is 14.9 Å². The minimum Gasteiger partial charge on any atom is -0.493 e. The van der Waals surface area contributed by atoms with Gasteiger partial charge in [-0.15, -0.1) is 0 Å². The number of fused-ring (bicyclic) bond motifs is 2. The molecule has 2 N–H and O–H groups in total. The number of carbonyl (C=O) groups is 3. The number of carboxylic acid groups (broad SMARTS) is 1. The lowest BCUT2D eigenvalue weighted by Crippen LogP contribution is -2.33. The van der Waals surface area contributed by atoms with E-state index in [9.17, 15) is 14.4 Å². The zero-order chi connectivity index (χ0) is 38.7. The van der Waals surface area contributed by atoms with Gasteiger partial charge in [0.15, 0.2) is 10.8 Å². The van der Waals surface area contributed by atoms with Gasteiger partial charge in [-0.25, -0.2) is 14.8 Å². The number of thiazole rings is 1. The number of ether oxygens (including phenoxy) is 2. The molecule has 2 aliphatic heterocycles. The van der Waals surface area contributed by atoms with Crippen molar-refractivity contribution in [1.29, 1.82) is 0 Å². The Kier molecular flexibility index (Phi) is 11.2. The van der Waals surface area contributed by atoms with Gasteiger partial charge in [-0.2, -0.15) is 0 Å². The van der Waals surface area contributed by atoms with Crippen LogP contribution in [0.2, 0.25) is 0 Å². The summed E-state index contributed by atoms with van der Waals surface area (Å²) in [5.74, 6) is 0.313. The molecule has 2 aromatic heterocycles. The van der Waals surface area contributed by atoms with Gasteiger partial charge in [0, 0.05) is 30.8 Å². The van der Waals surface area contributed by atoms with Gasteiger partial charge >= 0.3 is 11.9 Å². The number of anilines is 2. The Hall–Kier alpha value is -5.33. The lowest BCUT2D eigenvalue weighted by Gasteiger charge is -2.31. The Balaban J connectivity index is 1.10. The second-order valence-corrected chi connectivity index (χ2v) is 16.4. The fourth-order valence-corrected chi connectivity index (χ4v) is 8.36. The van der Waals surface area contributed by atoms with Crippen LogP contribution in [-0.2, 0) is 22.5 Å². The molecular weight excluding hydrogens is 715 g/mol. The number of aromatic nitrogens is 2. The van der Waals surface area contributed by atoms with Gasteiger partial charge in [-0.3, -0.25) is 19.8 Å². The predicted octanol–water partition coefficient (Wildman–Crippen LogP) is 8.00. The van der Waals surface area contributed by atoms with Crippen LogP contribution in [0.15, 0.2) is 72.8 Å². The van der Waals surface area contributed by atoms with Crippen molar-refractivity contribution in [3.8, 4) is 16.9 Å². The van der Waals surface area contributed by atoms with Crippen LogP contribution in [0.1, 0.15) is 77.6 Å². The van der Waals surface area contributed by atoms with Crippen molar-refractivity contribution in [2.24, 2.45) is 5.92 Å². The second-order valence-electron chi connectivity index (χ2n) is 15.3. The highest BCUT2D eigenvalue weighted by atomic mass is 32.1. The number of para-hydroxylation sites is 1. The van der Waals surface area contributed by atoms with Crippen LogP contribution >= 0.6 is 11.3 Å². The third kappa shape index (κ3) is 8.98. The van der Waals surface area contributed by atoms with E-state index in [-0.39, 0.29) is 18.1 Å². The molecule has 0 bridgehead atoms. The van der Waals surface area contributed by atoms with E-state index in [2.05, 4.69) is 21.3 Å². The van der Waals surface area contributed by atoms with Crippen LogP contribution < -0.4 is 15.0 Å². The lowest BCUT2D eigenvalue weighted by molar-refractivity contribution is -0.138. The summed E-state index contributed by atoms with van der Waals surface area (Å²) in [4.78, 5) is 52.3. The molecule has 55 heavy (non-hydrogen) atoms. The topological polar surface area (TPSA) is 134 Å². The molecule has 1 fully saturated rings. The first-order valence-electron chi connectivity index (χ1n) is 18.9. The number of benzene rings is 3. The number of hydrogen-bond donors (Lipinski definition) is 2. The van der Waals surface area contributed by atoms with Crippen molar-refractivity contribution < 1.29 is 29.0 Å². The Bertz CT molecular complexity index is 2200. The summed E-state index contributed by atoms with van der Waals surface area (Å²) in [6.07, 6.45) is 3.55. The second kappa shape index (κ2) is 16.2. The Morgan fingerprint density at radius 3 is 2.58 bits per heavy atom. The van der Waals surface area contributed by atoms with Crippen molar-refractivity contribution in [2.75, 3.05) is 43.0 Å². The number of nitrogens with one attached hydrogen (secondary N) is 1. The van der Waals surface area contributed by atoms with Crippen LogP contribution in [0, 0.1) is 12.8 Å². The molecule has 4 heterocycles. The van der Waals surface area contributed by atoms with Gasteiger partial charge in [0.05, 0.1) is 23.4 Å². The molecule has 11 nitrogen and oxygen atoms in total. The normalized spacial score (nSPS) is 15.9. The summed E-state index contributed by atoms with van der Waals surface area (Å²) >= 11 is 1.44. The van der Waals surface area contributed by atoms with Crippen LogP contribution in [0.3, 0.4) is 0 Å². The van der Waals surface area contributed by atoms with E-state index < -0.39 is 17.5 Å². The molecule has 1 amide bonds. The number of amides is 1. The van der Waals surface area contributed by atoms with E-state index in [1.807, 2.05) is 99.3 Å². The Morgan fingerprint density at radius 1 is 0.964 bits per heavy atom. The smallest absolute Gasteiger partial charge is 0.358 e. The summed E-state index contributed by atoms with van der Waals surface area (Å²) in [6.45, 7) is 10.9. The number of hydrogen-bond acceptors (Lipinski definition) is 10. The fraction of sp³-hybridized carbons (Fsp3) is 0.372. The number of esters is 1. The summed E-state index contributed by atoms with van der Waals surface area (Å²) < 4.78 is 13.2. The van der Waals surface area contributed by atoms with Crippen molar-refractivity contribution in [3.05, 3.63) is 101 Å². The molecule has 5 aromatic rings.